The van der Waals surface area contributed by atoms with Crippen molar-refractivity contribution in [3.8, 4) is 11.5 Å². The van der Waals surface area contributed by atoms with Crippen LogP contribution in [0.4, 0.5) is 24.5 Å². The molecule has 180 valence electrons. The maximum Gasteiger partial charge on any atom is 0.418 e. The average molecular weight is 484 g/mol. The van der Waals surface area contributed by atoms with Crippen molar-refractivity contribution in [2.24, 2.45) is 5.92 Å². The van der Waals surface area contributed by atoms with Crippen molar-refractivity contribution in [2.75, 3.05) is 17.1 Å². The van der Waals surface area contributed by atoms with Gasteiger partial charge >= 0.3 is 6.18 Å². The Labute approximate surface area is 197 Å². The molecule has 0 spiro atoms. The Bertz CT molecular complexity index is 1300. The summed E-state index contributed by atoms with van der Waals surface area (Å²) in [7, 11) is 1.36. The number of alkyl halides is 3. The lowest BCUT2D eigenvalue weighted by atomic mass is 9.90. The number of hydroxylamine groups is 1. The Morgan fingerprint density at radius 2 is 1.63 bits per heavy atom. The molecule has 3 atom stereocenters. The molecule has 3 aromatic rings. The fraction of sp³-hybridized carbons (Fsp3) is 0.200. The number of aromatic hydroxyl groups is 1. The zero-order chi connectivity index (χ0) is 24.9. The van der Waals surface area contributed by atoms with Gasteiger partial charge in [0.1, 0.15) is 5.92 Å². The van der Waals surface area contributed by atoms with Gasteiger partial charge in [-0.05, 0) is 42.0 Å². The first kappa shape index (κ1) is 22.7. The molecule has 2 heterocycles. The van der Waals surface area contributed by atoms with Crippen LogP contribution >= 0.6 is 0 Å². The molecular weight excluding hydrogens is 465 g/mol. The summed E-state index contributed by atoms with van der Waals surface area (Å²) in [5, 5.41) is 11.4. The minimum Gasteiger partial charge on any atom is -0.504 e. The molecule has 2 aliphatic heterocycles. The molecule has 0 radical (unpaired) electrons. The predicted molar refractivity (Wildman–Crippen MR) is 119 cm³/mol. The zero-order valence-electron chi connectivity index (χ0n) is 18.3. The molecule has 0 aromatic heterocycles. The summed E-state index contributed by atoms with van der Waals surface area (Å²) in [6.45, 7) is 0. The highest BCUT2D eigenvalue weighted by atomic mass is 19.4. The molecule has 1 N–H and O–H groups in total. The first-order valence-corrected chi connectivity index (χ1v) is 10.6. The average Bonchev–Trinajstić information content (AvgIpc) is 3.35. The highest BCUT2D eigenvalue weighted by Crippen LogP contribution is 2.49. The third-order valence-electron chi connectivity index (χ3n) is 6.12. The number of fused-ring (bicyclic) bond motifs is 1. The minimum atomic E-state index is -4.77. The van der Waals surface area contributed by atoms with E-state index < -0.39 is 47.3 Å². The van der Waals surface area contributed by atoms with Gasteiger partial charge in [0, 0.05) is 0 Å². The number of methoxy groups -OCH3 is 1. The third-order valence-corrected chi connectivity index (χ3v) is 6.12. The summed E-state index contributed by atoms with van der Waals surface area (Å²) in [5.74, 6) is -2.83. The van der Waals surface area contributed by atoms with Crippen molar-refractivity contribution in [1.29, 1.82) is 0 Å². The van der Waals surface area contributed by atoms with E-state index in [1.807, 2.05) is 0 Å². The van der Waals surface area contributed by atoms with Crippen LogP contribution in [-0.4, -0.2) is 30.1 Å². The van der Waals surface area contributed by atoms with Crippen molar-refractivity contribution < 1.29 is 37.4 Å². The van der Waals surface area contributed by atoms with Gasteiger partial charge in [0.25, 0.3) is 5.91 Å². The number of hydrogen-bond acceptors (Lipinski definition) is 6. The number of carbonyl (C=O) groups excluding carboxylic acids is 2. The van der Waals surface area contributed by atoms with Gasteiger partial charge in [0.15, 0.2) is 17.6 Å². The fourth-order valence-corrected chi connectivity index (χ4v) is 4.58. The normalized spacial score (nSPS) is 22.0. The number of ether oxygens (including phenoxy) is 1. The van der Waals surface area contributed by atoms with Crippen LogP contribution in [0.15, 0.2) is 72.8 Å². The maximum atomic E-state index is 13.7. The van der Waals surface area contributed by atoms with Gasteiger partial charge in [-0.2, -0.15) is 13.2 Å². The molecule has 7 nitrogen and oxygen atoms in total. The quantitative estimate of drug-likeness (QED) is 0.551. The van der Waals surface area contributed by atoms with Gasteiger partial charge in [0.2, 0.25) is 5.91 Å². The molecule has 2 saturated heterocycles. The first-order chi connectivity index (χ1) is 16.7. The van der Waals surface area contributed by atoms with E-state index in [0.29, 0.717) is 16.2 Å². The molecule has 2 aliphatic rings. The number of halogens is 3. The molecule has 0 saturated carbocycles. The van der Waals surface area contributed by atoms with Gasteiger partial charge in [-0.1, -0.05) is 36.4 Å². The van der Waals surface area contributed by atoms with Crippen LogP contribution in [-0.2, 0) is 20.6 Å². The van der Waals surface area contributed by atoms with Gasteiger partial charge in [0.05, 0.1) is 30.1 Å². The molecule has 2 fully saturated rings. The van der Waals surface area contributed by atoms with E-state index in [2.05, 4.69) is 0 Å². The monoisotopic (exact) mass is 484 g/mol. The summed E-state index contributed by atoms with van der Waals surface area (Å²) < 4.78 is 46.2. The van der Waals surface area contributed by atoms with Crippen LogP contribution < -0.4 is 14.7 Å². The summed E-state index contributed by atoms with van der Waals surface area (Å²) >= 11 is 0. The van der Waals surface area contributed by atoms with Crippen LogP contribution in [0.3, 0.4) is 0 Å². The van der Waals surface area contributed by atoms with Crippen LogP contribution in [0.25, 0.3) is 0 Å². The molecular formula is C25H19F3N2O5. The number of carbonyl (C=O) groups is 2. The minimum absolute atomic E-state index is 0.132. The maximum absolute atomic E-state index is 13.7. The number of nitrogens with zero attached hydrogens (tertiary/aromatic N) is 2. The van der Waals surface area contributed by atoms with E-state index in [4.69, 9.17) is 9.57 Å². The van der Waals surface area contributed by atoms with E-state index in [0.717, 1.165) is 12.1 Å². The van der Waals surface area contributed by atoms with Crippen molar-refractivity contribution in [3.63, 3.8) is 0 Å². The number of imide groups is 1. The van der Waals surface area contributed by atoms with Gasteiger partial charge < -0.3 is 9.84 Å². The number of hydrogen-bond donors (Lipinski definition) is 1. The second kappa shape index (κ2) is 8.31. The second-order valence-electron chi connectivity index (χ2n) is 8.12. The fourth-order valence-electron chi connectivity index (χ4n) is 4.58. The Morgan fingerprint density at radius 1 is 0.943 bits per heavy atom. The van der Waals surface area contributed by atoms with Crippen molar-refractivity contribution in [2.45, 2.75) is 18.3 Å². The topological polar surface area (TPSA) is 79.3 Å². The van der Waals surface area contributed by atoms with Gasteiger partial charge in [-0.15, -0.1) is 0 Å². The SMILES string of the molecule is COc1cc([C@@H]2[C@H]3C(=O)N(c4ccccc4C(F)(F)F)C(=O)[C@H]3ON2c2ccccc2)ccc1O. The van der Waals surface area contributed by atoms with E-state index >= 15 is 0 Å². The largest absolute Gasteiger partial charge is 0.504 e. The number of para-hydroxylation sites is 2. The zero-order valence-corrected chi connectivity index (χ0v) is 18.3. The van der Waals surface area contributed by atoms with Crippen LogP contribution in [0.2, 0.25) is 0 Å². The number of phenols is 1. The lowest BCUT2D eigenvalue weighted by molar-refractivity contribution is -0.137. The van der Waals surface area contributed by atoms with Gasteiger partial charge in [-0.3, -0.25) is 14.4 Å². The number of rotatable bonds is 4. The summed E-state index contributed by atoms with van der Waals surface area (Å²) in [6.07, 6.45) is -6.11. The summed E-state index contributed by atoms with van der Waals surface area (Å²) in [4.78, 5) is 33.4. The molecule has 0 aliphatic carbocycles. The van der Waals surface area contributed by atoms with Crippen LogP contribution in [0.5, 0.6) is 11.5 Å². The van der Waals surface area contributed by atoms with E-state index in [-0.39, 0.29) is 11.5 Å². The Kier molecular flexibility index (Phi) is 5.40. The number of benzene rings is 3. The Morgan fingerprint density at radius 3 is 2.31 bits per heavy atom. The van der Waals surface area contributed by atoms with E-state index in [9.17, 15) is 27.9 Å². The molecule has 35 heavy (non-hydrogen) atoms. The lowest BCUT2D eigenvalue weighted by Crippen LogP contribution is -2.38. The van der Waals surface area contributed by atoms with Gasteiger partial charge in [-0.25, -0.2) is 9.96 Å². The number of anilines is 2. The summed E-state index contributed by atoms with van der Waals surface area (Å²) in [6, 6.07) is 16.7. The first-order valence-electron chi connectivity index (χ1n) is 10.6. The Hall–Kier alpha value is -4.05. The highest BCUT2D eigenvalue weighted by Gasteiger charge is 2.61. The molecule has 3 aromatic carbocycles. The highest BCUT2D eigenvalue weighted by molar-refractivity contribution is 6.24. The standard InChI is InChI=1S/C25H19F3N2O5/c1-34-19-13-14(11-12-18(19)31)21-20-22(35-30(21)15-7-3-2-4-8-15)24(33)29(23(20)32)17-10-6-5-9-16(17)25(26,27)28/h2-13,20-22,31H,1H3/t20-,21-,22+/m1/s1. The molecule has 2 amide bonds. The molecule has 0 unspecified atom stereocenters. The van der Waals surface area contributed by atoms with Crippen LogP contribution in [0.1, 0.15) is 17.2 Å². The van der Waals surface area contributed by atoms with Crippen LogP contribution in [0, 0.1) is 5.92 Å². The van der Waals surface area contributed by atoms with E-state index in [1.165, 1.54) is 36.4 Å². The summed E-state index contributed by atoms with van der Waals surface area (Å²) in [5.41, 5.74) is -0.615. The molecule has 0 bridgehead atoms. The van der Waals surface area contributed by atoms with E-state index in [1.54, 1.807) is 36.4 Å². The second-order valence-corrected chi connectivity index (χ2v) is 8.12. The smallest absolute Gasteiger partial charge is 0.418 e. The predicted octanol–water partition coefficient (Wildman–Crippen LogP) is 4.47. The molecule has 10 heteroatoms. The molecule has 5 rings (SSSR count). The third kappa shape index (κ3) is 3.66. The number of amides is 2. The lowest BCUT2D eigenvalue weighted by Gasteiger charge is -2.29. The van der Waals surface area contributed by atoms with Crippen molar-refractivity contribution >= 4 is 23.2 Å². The van der Waals surface area contributed by atoms with Crippen molar-refractivity contribution in [3.05, 3.63) is 83.9 Å². The Balaban J connectivity index is 1.62. The number of phenolic OH excluding ortho intramolecular Hbond substituents is 1. The van der Waals surface area contributed by atoms with Crippen molar-refractivity contribution in [1.82, 2.24) is 0 Å².